The van der Waals surface area contributed by atoms with Crippen LogP contribution in [0.4, 0.5) is 5.69 Å². The van der Waals surface area contributed by atoms with E-state index in [9.17, 15) is 4.79 Å². The van der Waals surface area contributed by atoms with Gasteiger partial charge in [0.2, 0.25) is 0 Å². The smallest absolute Gasteiger partial charge is 0.255 e. The lowest BCUT2D eigenvalue weighted by molar-refractivity contribution is 0.241. The van der Waals surface area contributed by atoms with E-state index in [1.807, 2.05) is 24.3 Å². The van der Waals surface area contributed by atoms with Gasteiger partial charge in [0.25, 0.3) is 5.56 Å². The topological polar surface area (TPSA) is 75.0 Å². The number of rotatable bonds is 3. The number of aromatic nitrogens is 2. The molecule has 0 spiro atoms. The van der Waals surface area contributed by atoms with Gasteiger partial charge in [0.05, 0.1) is 11.3 Å². The number of hydrogen-bond acceptors (Lipinski definition) is 4. The Labute approximate surface area is 158 Å². The maximum absolute atomic E-state index is 12.7. The summed E-state index contributed by atoms with van der Waals surface area (Å²) in [5, 5.41) is 0. The minimum Gasteiger partial charge on any atom is -0.399 e. The van der Waals surface area contributed by atoms with E-state index in [0.29, 0.717) is 18.1 Å². The first kappa shape index (κ1) is 17.5. The van der Waals surface area contributed by atoms with Gasteiger partial charge < -0.3 is 10.7 Å². The van der Waals surface area contributed by atoms with Crippen LogP contribution in [-0.4, -0.2) is 21.4 Å². The zero-order chi connectivity index (χ0) is 19.0. The van der Waals surface area contributed by atoms with E-state index in [4.69, 9.17) is 10.7 Å². The van der Waals surface area contributed by atoms with E-state index in [0.717, 1.165) is 36.3 Å². The lowest BCUT2D eigenvalue weighted by Crippen LogP contribution is -2.35. The van der Waals surface area contributed by atoms with Crippen LogP contribution in [0.2, 0.25) is 0 Å². The van der Waals surface area contributed by atoms with Crippen LogP contribution in [0.3, 0.4) is 0 Å². The van der Waals surface area contributed by atoms with Crippen LogP contribution in [0.15, 0.2) is 47.3 Å². The number of nitrogens with zero attached hydrogens (tertiary/aromatic N) is 2. The largest absolute Gasteiger partial charge is 0.399 e. The van der Waals surface area contributed by atoms with E-state index in [-0.39, 0.29) is 5.56 Å². The molecule has 2 heterocycles. The number of nitrogen functional groups attached to an aromatic ring is 1. The molecule has 5 heteroatoms. The Bertz CT molecular complexity index is 1020. The van der Waals surface area contributed by atoms with Gasteiger partial charge in [-0.3, -0.25) is 9.69 Å². The molecule has 1 aliphatic rings. The first-order chi connectivity index (χ1) is 13.0. The second-order valence-corrected chi connectivity index (χ2v) is 7.29. The molecule has 0 atom stereocenters. The second kappa shape index (κ2) is 7.00. The van der Waals surface area contributed by atoms with Crippen LogP contribution in [-0.2, 0) is 19.5 Å². The molecule has 1 aromatic heterocycles. The van der Waals surface area contributed by atoms with E-state index in [2.05, 4.69) is 41.9 Å². The molecule has 4 rings (SSSR count). The molecule has 0 bridgehead atoms. The standard InChI is InChI=1S/C22H24N4O/c1-14-4-3-5-15(2)18(14)12-26-11-10-20-19(13-26)22(27)25-21(24-20)16-6-8-17(23)9-7-16/h3-9H,10-13,23H2,1-2H3,(H,24,25,27). The van der Waals surface area contributed by atoms with E-state index in [1.54, 1.807) is 0 Å². The Hall–Kier alpha value is -2.92. The van der Waals surface area contributed by atoms with Crippen molar-refractivity contribution in [2.75, 3.05) is 12.3 Å². The molecule has 0 radical (unpaired) electrons. The van der Waals surface area contributed by atoms with Crippen molar-refractivity contribution < 1.29 is 0 Å². The van der Waals surface area contributed by atoms with E-state index in [1.165, 1.54) is 16.7 Å². The van der Waals surface area contributed by atoms with Gasteiger partial charge in [-0.05, 0) is 54.8 Å². The minimum atomic E-state index is -0.0435. The van der Waals surface area contributed by atoms with Gasteiger partial charge in [-0.1, -0.05) is 18.2 Å². The maximum atomic E-state index is 12.7. The van der Waals surface area contributed by atoms with Crippen molar-refractivity contribution >= 4 is 5.69 Å². The van der Waals surface area contributed by atoms with E-state index >= 15 is 0 Å². The number of benzene rings is 2. The van der Waals surface area contributed by atoms with Gasteiger partial charge in [0.15, 0.2) is 0 Å². The number of H-pyrrole nitrogens is 1. The number of hydrogen-bond donors (Lipinski definition) is 2. The number of nitrogens with two attached hydrogens (primary N) is 1. The zero-order valence-electron chi connectivity index (χ0n) is 15.7. The van der Waals surface area contributed by atoms with Crippen molar-refractivity contribution in [2.24, 2.45) is 0 Å². The summed E-state index contributed by atoms with van der Waals surface area (Å²) in [5.74, 6) is 0.613. The fraction of sp³-hybridized carbons (Fsp3) is 0.273. The van der Waals surface area contributed by atoms with Crippen molar-refractivity contribution in [1.82, 2.24) is 14.9 Å². The van der Waals surface area contributed by atoms with Crippen molar-refractivity contribution in [1.29, 1.82) is 0 Å². The molecule has 2 aromatic carbocycles. The molecule has 0 fully saturated rings. The Balaban J connectivity index is 1.60. The molecule has 0 saturated carbocycles. The molecule has 0 amide bonds. The zero-order valence-corrected chi connectivity index (χ0v) is 15.7. The average Bonchev–Trinajstić information content (AvgIpc) is 2.66. The third-order valence-electron chi connectivity index (χ3n) is 5.36. The maximum Gasteiger partial charge on any atom is 0.255 e. The predicted octanol–water partition coefficient (Wildman–Crippen LogP) is 3.19. The molecule has 1 aliphatic heterocycles. The highest BCUT2D eigenvalue weighted by molar-refractivity contribution is 5.58. The van der Waals surface area contributed by atoms with Crippen LogP contribution in [0.5, 0.6) is 0 Å². The monoisotopic (exact) mass is 360 g/mol. The van der Waals surface area contributed by atoms with Gasteiger partial charge in [-0.15, -0.1) is 0 Å². The molecule has 0 aliphatic carbocycles. The molecular formula is C22H24N4O. The Morgan fingerprint density at radius 2 is 1.81 bits per heavy atom. The Kier molecular flexibility index (Phi) is 4.54. The van der Waals surface area contributed by atoms with Crippen molar-refractivity contribution in [3.8, 4) is 11.4 Å². The van der Waals surface area contributed by atoms with Gasteiger partial charge in [0, 0.05) is 37.3 Å². The summed E-state index contributed by atoms with van der Waals surface area (Å²) >= 11 is 0. The molecule has 3 aromatic rings. The Morgan fingerprint density at radius 3 is 2.52 bits per heavy atom. The fourth-order valence-electron chi connectivity index (χ4n) is 3.72. The first-order valence-corrected chi connectivity index (χ1v) is 9.26. The summed E-state index contributed by atoms with van der Waals surface area (Å²) in [4.78, 5) is 22.7. The van der Waals surface area contributed by atoms with E-state index < -0.39 is 0 Å². The van der Waals surface area contributed by atoms with Crippen LogP contribution in [0.1, 0.15) is 27.9 Å². The second-order valence-electron chi connectivity index (χ2n) is 7.29. The highest BCUT2D eigenvalue weighted by Crippen LogP contribution is 2.22. The summed E-state index contributed by atoms with van der Waals surface area (Å²) in [6.07, 6.45) is 0.784. The van der Waals surface area contributed by atoms with Crippen molar-refractivity contribution in [3.63, 3.8) is 0 Å². The van der Waals surface area contributed by atoms with Gasteiger partial charge in [0.1, 0.15) is 5.82 Å². The Morgan fingerprint density at radius 1 is 1.11 bits per heavy atom. The lowest BCUT2D eigenvalue weighted by atomic mass is 10.0. The number of anilines is 1. The third kappa shape index (κ3) is 3.51. The lowest BCUT2D eigenvalue weighted by Gasteiger charge is -2.28. The normalized spacial score (nSPS) is 14.1. The number of aromatic amines is 1. The quantitative estimate of drug-likeness (QED) is 0.704. The predicted molar refractivity (Wildman–Crippen MR) is 108 cm³/mol. The highest BCUT2D eigenvalue weighted by atomic mass is 16.1. The van der Waals surface area contributed by atoms with Crippen LogP contribution >= 0.6 is 0 Å². The minimum absolute atomic E-state index is 0.0435. The fourth-order valence-corrected chi connectivity index (χ4v) is 3.72. The molecule has 0 saturated heterocycles. The summed E-state index contributed by atoms with van der Waals surface area (Å²) in [6.45, 7) is 6.68. The highest BCUT2D eigenvalue weighted by Gasteiger charge is 2.22. The van der Waals surface area contributed by atoms with Gasteiger partial charge in [-0.25, -0.2) is 4.98 Å². The molecular weight excluding hydrogens is 336 g/mol. The number of aryl methyl sites for hydroxylation is 2. The molecule has 138 valence electrons. The summed E-state index contributed by atoms with van der Waals surface area (Å²) in [7, 11) is 0. The molecule has 3 N–H and O–H groups in total. The van der Waals surface area contributed by atoms with Crippen LogP contribution in [0, 0.1) is 13.8 Å². The summed E-state index contributed by atoms with van der Waals surface area (Å²) in [5.41, 5.74) is 12.9. The summed E-state index contributed by atoms with van der Waals surface area (Å²) < 4.78 is 0. The number of fused-ring (bicyclic) bond motifs is 1. The summed E-state index contributed by atoms with van der Waals surface area (Å²) in [6, 6.07) is 13.8. The van der Waals surface area contributed by atoms with Gasteiger partial charge >= 0.3 is 0 Å². The van der Waals surface area contributed by atoms with Crippen LogP contribution < -0.4 is 11.3 Å². The average molecular weight is 360 g/mol. The molecule has 5 nitrogen and oxygen atoms in total. The van der Waals surface area contributed by atoms with Crippen molar-refractivity contribution in [3.05, 3.63) is 80.8 Å². The SMILES string of the molecule is Cc1cccc(C)c1CN1CCc2nc(-c3ccc(N)cc3)[nH]c(=O)c2C1. The van der Waals surface area contributed by atoms with Gasteiger partial charge in [-0.2, -0.15) is 0 Å². The molecule has 0 unspecified atom stereocenters. The van der Waals surface area contributed by atoms with Crippen LogP contribution in [0.25, 0.3) is 11.4 Å². The molecule has 27 heavy (non-hydrogen) atoms. The first-order valence-electron chi connectivity index (χ1n) is 9.26. The number of nitrogens with one attached hydrogen (secondary N) is 1. The third-order valence-corrected chi connectivity index (χ3v) is 5.36. The van der Waals surface area contributed by atoms with Crippen molar-refractivity contribution in [2.45, 2.75) is 33.4 Å².